The highest BCUT2D eigenvalue weighted by Crippen LogP contribution is 2.34. The zero-order valence-corrected chi connectivity index (χ0v) is 20.0. The molecule has 0 saturated carbocycles. The van der Waals surface area contributed by atoms with Crippen LogP contribution in [0.1, 0.15) is 52.3 Å². The van der Waals surface area contributed by atoms with Crippen molar-refractivity contribution in [1.29, 1.82) is 0 Å². The van der Waals surface area contributed by atoms with Crippen molar-refractivity contribution in [3.05, 3.63) is 43.0 Å². The first-order chi connectivity index (χ1) is 16.9. The third-order valence-corrected chi connectivity index (χ3v) is 6.01. The Morgan fingerprint density at radius 3 is 2.77 bits per heavy atom. The van der Waals surface area contributed by atoms with Gasteiger partial charge in [0.15, 0.2) is 12.1 Å². The maximum atomic E-state index is 11.3. The maximum absolute atomic E-state index is 11.3. The van der Waals surface area contributed by atoms with E-state index in [1.807, 2.05) is 36.7 Å². The van der Waals surface area contributed by atoms with Crippen LogP contribution in [-0.4, -0.2) is 53.1 Å². The molecule has 0 amide bonds. The highest BCUT2D eigenvalue weighted by atomic mass is 16.5. The normalized spacial score (nSPS) is 17.1. The maximum Gasteiger partial charge on any atom is 0.326 e. The second kappa shape index (κ2) is 9.46. The number of carboxylic acid groups (broad SMARTS) is 1. The Labute approximate surface area is 202 Å². The number of aromatic nitrogens is 6. The van der Waals surface area contributed by atoms with Gasteiger partial charge in [-0.05, 0) is 64.3 Å². The van der Waals surface area contributed by atoms with Gasteiger partial charge < -0.3 is 19.1 Å². The molecule has 1 aliphatic rings. The van der Waals surface area contributed by atoms with Crippen LogP contribution in [-0.2, 0) is 9.53 Å². The van der Waals surface area contributed by atoms with E-state index >= 15 is 0 Å². The van der Waals surface area contributed by atoms with Crippen LogP contribution in [0, 0.1) is 0 Å². The molecule has 1 N–H and O–H groups in total. The van der Waals surface area contributed by atoms with Gasteiger partial charge >= 0.3 is 5.97 Å². The van der Waals surface area contributed by atoms with E-state index in [4.69, 9.17) is 19.6 Å². The van der Waals surface area contributed by atoms with Crippen molar-refractivity contribution in [3.8, 4) is 28.7 Å². The van der Waals surface area contributed by atoms with Crippen LogP contribution < -0.4 is 4.74 Å². The van der Waals surface area contributed by atoms with Gasteiger partial charge in [0.1, 0.15) is 23.2 Å². The molecule has 0 aliphatic carbocycles. The number of rotatable bonds is 7. The first-order valence-electron chi connectivity index (χ1n) is 11.8. The molecular weight excluding hydrogens is 448 g/mol. The number of benzene rings is 1. The van der Waals surface area contributed by atoms with Gasteiger partial charge in [0, 0.05) is 24.4 Å². The monoisotopic (exact) mass is 476 g/mol. The third-order valence-electron chi connectivity index (χ3n) is 6.01. The Bertz CT molecular complexity index is 1360. The van der Waals surface area contributed by atoms with Crippen LogP contribution in [0.2, 0.25) is 0 Å². The van der Waals surface area contributed by atoms with Gasteiger partial charge in [-0.25, -0.2) is 24.4 Å². The van der Waals surface area contributed by atoms with Crippen molar-refractivity contribution in [2.45, 2.75) is 58.4 Å². The summed E-state index contributed by atoms with van der Waals surface area (Å²) in [4.78, 5) is 24.9. The molecule has 4 aromatic rings. The van der Waals surface area contributed by atoms with Crippen molar-refractivity contribution in [2.24, 2.45) is 0 Å². The molecule has 2 atom stereocenters. The van der Waals surface area contributed by atoms with E-state index in [2.05, 4.69) is 9.97 Å². The van der Waals surface area contributed by atoms with Crippen LogP contribution in [0.15, 0.2) is 43.0 Å². The second-order valence-electron chi connectivity index (χ2n) is 8.95. The average Bonchev–Trinajstić information content (AvgIpc) is 3.49. The van der Waals surface area contributed by atoms with Crippen molar-refractivity contribution in [3.63, 3.8) is 0 Å². The third kappa shape index (κ3) is 4.61. The van der Waals surface area contributed by atoms with E-state index in [1.165, 1.54) is 6.33 Å². The fourth-order valence-electron chi connectivity index (χ4n) is 4.19. The topological polar surface area (TPSA) is 117 Å². The number of carbonyl (C=O) groups is 1. The van der Waals surface area contributed by atoms with E-state index < -0.39 is 12.0 Å². The zero-order chi connectivity index (χ0) is 24.5. The minimum atomic E-state index is -0.932. The van der Waals surface area contributed by atoms with Crippen LogP contribution >= 0.6 is 0 Å². The smallest absolute Gasteiger partial charge is 0.326 e. The molecule has 4 heterocycles. The largest absolute Gasteiger partial charge is 0.491 e. The molecule has 0 bridgehead atoms. The quantitative estimate of drug-likeness (QED) is 0.415. The number of hydrogen-bond donors (Lipinski definition) is 1. The van der Waals surface area contributed by atoms with E-state index in [9.17, 15) is 9.90 Å². The fourth-order valence-corrected chi connectivity index (χ4v) is 4.19. The first-order valence-corrected chi connectivity index (χ1v) is 11.8. The van der Waals surface area contributed by atoms with Crippen molar-refractivity contribution in [2.75, 3.05) is 6.61 Å². The highest BCUT2D eigenvalue weighted by Gasteiger charge is 2.24. The van der Waals surface area contributed by atoms with Gasteiger partial charge in [-0.2, -0.15) is 5.10 Å². The molecule has 10 heteroatoms. The summed E-state index contributed by atoms with van der Waals surface area (Å²) >= 11 is 0. The SMILES string of the molecule is CC(C)Oc1ccc2c(c1)c(-c1nccc(-c3cn(C(C)C(=O)O)cn3)n1)nn2C1CCCCO1. The number of hydrogen-bond acceptors (Lipinski definition) is 7. The van der Waals surface area contributed by atoms with E-state index in [-0.39, 0.29) is 12.3 Å². The molecule has 0 spiro atoms. The first kappa shape index (κ1) is 23.0. The lowest BCUT2D eigenvalue weighted by molar-refractivity contribution is -0.140. The van der Waals surface area contributed by atoms with E-state index in [0.29, 0.717) is 29.5 Å². The highest BCUT2D eigenvalue weighted by molar-refractivity contribution is 5.93. The van der Waals surface area contributed by atoms with Crippen LogP contribution in [0.3, 0.4) is 0 Å². The predicted molar refractivity (Wildman–Crippen MR) is 129 cm³/mol. The molecule has 1 aromatic carbocycles. The Morgan fingerprint density at radius 1 is 1.17 bits per heavy atom. The molecular formula is C25H28N6O4. The number of ether oxygens (including phenoxy) is 2. The number of nitrogens with zero attached hydrogens (tertiary/aromatic N) is 6. The molecule has 5 rings (SSSR count). The lowest BCUT2D eigenvalue weighted by atomic mass is 10.1. The molecule has 182 valence electrons. The van der Waals surface area contributed by atoms with Crippen molar-refractivity contribution >= 4 is 16.9 Å². The molecule has 2 unspecified atom stereocenters. The van der Waals surface area contributed by atoms with Gasteiger partial charge in [-0.15, -0.1) is 0 Å². The van der Waals surface area contributed by atoms with Gasteiger partial charge in [0.25, 0.3) is 0 Å². The summed E-state index contributed by atoms with van der Waals surface area (Å²) in [6.45, 7) is 6.28. The Balaban J connectivity index is 1.58. The van der Waals surface area contributed by atoms with Gasteiger partial charge in [-0.1, -0.05) is 0 Å². The molecule has 1 aliphatic heterocycles. The number of imidazole rings is 1. The van der Waals surface area contributed by atoms with E-state index in [1.54, 1.807) is 30.0 Å². The standard InChI is InChI=1S/C25H28N6O4/c1-15(2)35-17-7-8-21-18(12-17)23(29-31(21)22-6-4-5-11-34-22)24-26-10-9-19(28-24)20-13-30(14-27-20)16(3)25(32)33/h7-10,12-16,22H,4-6,11H2,1-3H3,(H,32,33). The summed E-state index contributed by atoms with van der Waals surface area (Å²) in [7, 11) is 0. The summed E-state index contributed by atoms with van der Waals surface area (Å²) in [6.07, 6.45) is 7.74. The number of carboxylic acids is 1. The average molecular weight is 477 g/mol. The van der Waals surface area contributed by atoms with E-state index in [0.717, 1.165) is 35.9 Å². The van der Waals surface area contributed by atoms with Crippen molar-refractivity contribution < 1.29 is 19.4 Å². The molecule has 1 saturated heterocycles. The molecule has 35 heavy (non-hydrogen) atoms. The number of fused-ring (bicyclic) bond motifs is 1. The molecule has 1 fully saturated rings. The summed E-state index contributed by atoms with van der Waals surface area (Å²) in [6, 6.07) is 6.93. The lowest BCUT2D eigenvalue weighted by Gasteiger charge is -2.23. The zero-order valence-electron chi connectivity index (χ0n) is 20.0. The molecule has 3 aromatic heterocycles. The molecule has 0 radical (unpaired) electrons. The minimum Gasteiger partial charge on any atom is -0.491 e. The minimum absolute atomic E-state index is 0.0375. The van der Waals surface area contributed by atoms with Crippen LogP contribution in [0.5, 0.6) is 5.75 Å². The van der Waals surface area contributed by atoms with Crippen LogP contribution in [0.25, 0.3) is 33.8 Å². The fraction of sp³-hybridized carbons (Fsp3) is 0.400. The van der Waals surface area contributed by atoms with Gasteiger partial charge in [0.05, 0.1) is 23.6 Å². The molecule has 10 nitrogen and oxygen atoms in total. The Morgan fingerprint density at radius 2 is 2.03 bits per heavy atom. The Hall–Kier alpha value is -3.79. The second-order valence-corrected chi connectivity index (χ2v) is 8.95. The van der Waals surface area contributed by atoms with Crippen molar-refractivity contribution in [1.82, 2.24) is 29.3 Å². The number of aliphatic carboxylic acids is 1. The Kier molecular flexibility index (Phi) is 6.21. The summed E-state index contributed by atoms with van der Waals surface area (Å²) in [5.41, 5.74) is 2.70. The van der Waals surface area contributed by atoms with Gasteiger partial charge in [-0.3, -0.25) is 0 Å². The lowest BCUT2D eigenvalue weighted by Crippen LogP contribution is -2.19. The summed E-state index contributed by atoms with van der Waals surface area (Å²) in [5.74, 6) is 0.263. The van der Waals surface area contributed by atoms with Crippen LogP contribution in [0.4, 0.5) is 0 Å². The summed E-state index contributed by atoms with van der Waals surface area (Å²) < 4.78 is 15.4. The summed E-state index contributed by atoms with van der Waals surface area (Å²) in [5, 5.41) is 15.1. The van der Waals surface area contributed by atoms with Gasteiger partial charge in [0.2, 0.25) is 0 Å². The predicted octanol–water partition coefficient (Wildman–Crippen LogP) is 4.49.